The number of halogens is 2. The second kappa shape index (κ2) is 9.60. The zero-order valence-electron chi connectivity index (χ0n) is 18.4. The molecule has 8 nitrogen and oxygen atoms in total. The monoisotopic (exact) mass is 478 g/mol. The number of nitrogens with zero attached hydrogens (tertiary/aromatic N) is 5. The number of ether oxygens (including phenoxy) is 1. The Hall–Kier alpha value is -2.42. The van der Waals surface area contributed by atoms with Gasteiger partial charge in [-0.3, -0.25) is 9.78 Å². The van der Waals surface area contributed by atoms with Crippen molar-refractivity contribution in [2.45, 2.75) is 38.3 Å². The van der Waals surface area contributed by atoms with E-state index in [1.165, 1.54) is 0 Å². The number of methoxy groups -OCH3 is 1. The molecule has 2 aromatic heterocycles. The molecule has 5 rings (SSSR count). The summed E-state index contributed by atoms with van der Waals surface area (Å²) in [5, 5.41) is 0.691. The maximum Gasteiger partial charge on any atom is 0.260 e. The number of anilines is 1. The van der Waals surface area contributed by atoms with Crippen LogP contribution in [0.15, 0.2) is 23.1 Å². The van der Waals surface area contributed by atoms with Crippen LogP contribution in [0.25, 0.3) is 10.9 Å². The Morgan fingerprint density at radius 1 is 1.22 bits per heavy atom. The predicted molar refractivity (Wildman–Crippen MR) is 130 cm³/mol. The molecule has 172 valence electrons. The van der Waals surface area contributed by atoms with Crippen molar-refractivity contribution in [2.24, 2.45) is 0 Å². The Morgan fingerprint density at radius 3 is 2.69 bits per heavy atom. The molecule has 1 saturated carbocycles. The van der Waals surface area contributed by atoms with Gasteiger partial charge in [-0.05, 0) is 44.5 Å². The van der Waals surface area contributed by atoms with Crippen molar-refractivity contribution in [3.63, 3.8) is 0 Å². The molecule has 1 aliphatic carbocycles. The minimum Gasteiger partial charge on any atom is -0.497 e. The van der Waals surface area contributed by atoms with E-state index in [1.54, 1.807) is 7.11 Å². The van der Waals surface area contributed by atoms with Crippen LogP contribution in [0.1, 0.15) is 41.4 Å². The van der Waals surface area contributed by atoms with Crippen molar-refractivity contribution in [2.75, 3.05) is 32.6 Å². The summed E-state index contributed by atoms with van der Waals surface area (Å²) in [6, 6.07) is 3.84. The number of fused-ring (bicyclic) bond motifs is 2. The lowest BCUT2D eigenvalue weighted by atomic mass is 10.0. The highest BCUT2D eigenvalue weighted by Gasteiger charge is 2.28. The first-order chi connectivity index (χ1) is 14.5. The first-order valence-corrected chi connectivity index (χ1v) is 10.4. The number of nitrogens with one attached hydrogen (secondary N) is 1. The zero-order chi connectivity index (χ0) is 20.8. The van der Waals surface area contributed by atoms with Crippen LogP contribution < -0.4 is 15.2 Å². The third-order valence-electron chi connectivity index (χ3n) is 5.79. The molecule has 10 heteroatoms. The topological polar surface area (TPSA) is 87.2 Å². The lowest BCUT2D eigenvalue weighted by Gasteiger charge is -2.29. The SMILES string of the molecule is COc1cc(C2CC2)c2c(=O)[nH]c(N3CCc4nc(CN(C)C)ncc4C3)nc2c1.Cl.Cl. The van der Waals surface area contributed by atoms with Gasteiger partial charge in [-0.25, -0.2) is 15.0 Å². The average Bonchev–Trinajstić information content (AvgIpc) is 3.57. The molecule has 0 radical (unpaired) electrons. The van der Waals surface area contributed by atoms with E-state index >= 15 is 0 Å². The second-order valence-corrected chi connectivity index (χ2v) is 8.44. The molecule has 3 aromatic rings. The first-order valence-electron chi connectivity index (χ1n) is 10.4. The van der Waals surface area contributed by atoms with Gasteiger partial charge in [0.05, 0.1) is 30.3 Å². The molecule has 1 fully saturated rings. The van der Waals surface area contributed by atoms with E-state index in [0.717, 1.165) is 60.7 Å². The number of rotatable bonds is 5. The summed E-state index contributed by atoms with van der Waals surface area (Å²) in [5.74, 6) is 2.61. The van der Waals surface area contributed by atoms with Gasteiger partial charge in [0.15, 0.2) is 0 Å². The second-order valence-electron chi connectivity index (χ2n) is 8.44. The van der Waals surface area contributed by atoms with Crippen LogP contribution in [0.2, 0.25) is 0 Å². The Bertz CT molecular complexity index is 1180. The summed E-state index contributed by atoms with van der Waals surface area (Å²) in [4.78, 5) is 34.2. The van der Waals surface area contributed by atoms with Gasteiger partial charge in [-0.1, -0.05) is 0 Å². The van der Waals surface area contributed by atoms with Crippen LogP contribution in [-0.4, -0.2) is 52.6 Å². The van der Waals surface area contributed by atoms with Gasteiger partial charge in [0, 0.05) is 37.3 Å². The van der Waals surface area contributed by atoms with Gasteiger partial charge < -0.3 is 14.5 Å². The van der Waals surface area contributed by atoms with Crippen molar-refractivity contribution in [1.29, 1.82) is 0 Å². The Balaban J connectivity index is 0.00000144. The van der Waals surface area contributed by atoms with E-state index < -0.39 is 0 Å². The highest BCUT2D eigenvalue weighted by molar-refractivity contribution is 5.86. The predicted octanol–water partition coefficient (Wildman–Crippen LogP) is 3.07. The number of aromatic nitrogens is 4. The standard InChI is InChI=1S/C22H26N6O2.2ClH/c1-27(2)12-19-23-10-14-11-28(7-6-17(14)24-19)22-25-18-9-15(30-3)8-16(13-4-5-13)20(18)21(29)26-22;;/h8-10,13H,4-7,11-12H2,1-3H3,(H,25,26,29);2*1H. The number of hydrogen-bond donors (Lipinski definition) is 1. The van der Waals surface area contributed by atoms with Crippen LogP contribution in [0, 0.1) is 0 Å². The maximum atomic E-state index is 13.0. The number of hydrogen-bond acceptors (Lipinski definition) is 7. The molecule has 32 heavy (non-hydrogen) atoms. The summed E-state index contributed by atoms with van der Waals surface area (Å²) in [6.45, 7) is 2.10. The Labute approximate surface area is 199 Å². The number of H-pyrrole nitrogens is 1. The third-order valence-corrected chi connectivity index (χ3v) is 5.79. The molecule has 0 spiro atoms. The smallest absolute Gasteiger partial charge is 0.260 e. The van der Waals surface area contributed by atoms with E-state index in [2.05, 4.69) is 19.8 Å². The van der Waals surface area contributed by atoms with Gasteiger partial charge in [0.2, 0.25) is 5.95 Å². The first kappa shape index (κ1) is 24.2. The van der Waals surface area contributed by atoms with Crippen molar-refractivity contribution in [1.82, 2.24) is 24.8 Å². The van der Waals surface area contributed by atoms with Gasteiger partial charge >= 0.3 is 0 Å². The van der Waals surface area contributed by atoms with Gasteiger partial charge in [0.1, 0.15) is 11.6 Å². The fraction of sp³-hybridized carbons (Fsp3) is 0.455. The normalized spacial score (nSPS) is 15.2. The molecule has 0 atom stereocenters. The minimum atomic E-state index is -0.0806. The number of benzene rings is 1. The van der Waals surface area contributed by atoms with Crippen molar-refractivity contribution < 1.29 is 4.74 Å². The van der Waals surface area contributed by atoms with E-state index in [-0.39, 0.29) is 30.4 Å². The molecule has 0 saturated heterocycles. The molecule has 2 aliphatic rings. The molecular weight excluding hydrogens is 451 g/mol. The highest BCUT2D eigenvalue weighted by atomic mass is 35.5. The van der Waals surface area contributed by atoms with Crippen LogP contribution in [0.5, 0.6) is 5.75 Å². The summed E-state index contributed by atoms with van der Waals surface area (Å²) in [7, 11) is 5.67. The van der Waals surface area contributed by atoms with Crippen molar-refractivity contribution >= 4 is 41.7 Å². The quantitative estimate of drug-likeness (QED) is 0.602. The Kier molecular flexibility index (Phi) is 7.27. The van der Waals surface area contributed by atoms with E-state index in [4.69, 9.17) is 14.7 Å². The molecule has 1 aliphatic heterocycles. The van der Waals surface area contributed by atoms with E-state index in [9.17, 15) is 4.79 Å². The largest absolute Gasteiger partial charge is 0.497 e. The summed E-state index contributed by atoms with van der Waals surface area (Å²) in [5.41, 5.74) is 3.83. The van der Waals surface area contributed by atoms with Gasteiger partial charge in [-0.2, -0.15) is 0 Å². The van der Waals surface area contributed by atoms with Crippen molar-refractivity contribution in [3.05, 3.63) is 51.3 Å². The van der Waals surface area contributed by atoms with Gasteiger partial charge in [-0.15, -0.1) is 24.8 Å². The van der Waals surface area contributed by atoms with Crippen LogP contribution >= 0.6 is 24.8 Å². The van der Waals surface area contributed by atoms with E-state index in [1.807, 2.05) is 32.4 Å². The van der Waals surface area contributed by atoms with Gasteiger partial charge in [0.25, 0.3) is 5.56 Å². The third kappa shape index (κ3) is 4.67. The lowest BCUT2D eigenvalue weighted by molar-refractivity contribution is 0.389. The maximum absolute atomic E-state index is 13.0. The fourth-order valence-corrected chi connectivity index (χ4v) is 4.14. The minimum absolute atomic E-state index is 0. The van der Waals surface area contributed by atoms with Crippen LogP contribution in [0.3, 0.4) is 0 Å². The van der Waals surface area contributed by atoms with Crippen molar-refractivity contribution in [3.8, 4) is 5.75 Å². The lowest BCUT2D eigenvalue weighted by Crippen LogP contribution is -2.34. The highest BCUT2D eigenvalue weighted by Crippen LogP contribution is 2.43. The molecule has 1 aromatic carbocycles. The molecule has 0 amide bonds. The van der Waals surface area contributed by atoms with Crippen LogP contribution in [-0.2, 0) is 19.5 Å². The zero-order valence-corrected chi connectivity index (χ0v) is 20.1. The molecule has 1 N–H and O–H groups in total. The van der Waals surface area contributed by atoms with E-state index in [0.29, 0.717) is 29.3 Å². The summed E-state index contributed by atoms with van der Waals surface area (Å²) in [6.07, 6.45) is 4.93. The molecule has 0 unspecified atom stereocenters. The summed E-state index contributed by atoms with van der Waals surface area (Å²) < 4.78 is 5.47. The Morgan fingerprint density at radius 2 is 2.00 bits per heavy atom. The molecule has 0 bridgehead atoms. The van der Waals surface area contributed by atoms with Crippen LogP contribution in [0.4, 0.5) is 5.95 Å². The summed E-state index contributed by atoms with van der Waals surface area (Å²) >= 11 is 0. The molecular formula is C22H28Cl2N6O2. The average molecular weight is 479 g/mol. The molecule has 3 heterocycles. The fourth-order valence-electron chi connectivity index (χ4n) is 4.14. The number of aromatic amines is 1.